The Balaban J connectivity index is 1.68. The molecule has 1 amide bonds. The van der Waals surface area contributed by atoms with Gasteiger partial charge in [-0.3, -0.25) is 9.78 Å². The van der Waals surface area contributed by atoms with E-state index in [4.69, 9.17) is 0 Å². The van der Waals surface area contributed by atoms with Crippen LogP contribution >= 0.6 is 11.8 Å². The molecule has 9 heteroatoms. The van der Waals surface area contributed by atoms with E-state index >= 15 is 0 Å². The maximum absolute atomic E-state index is 13.2. The van der Waals surface area contributed by atoms with E-state index in [0.29, 0.717) is 17.3 Å². The molecule has 0 atom stereocenters. The molecule has 1 heterocycles. The van der Waals surface area contributed by atoms with Crippen LogP contribution in [0.4, 0.5) is 9.18 Å². The van der Waals surface area contributed by atoms with Crippen molar-refractivity contribution in [2.24, 2.45) is 0 Å². The molecule has 2 N–H and O–H groups in total. The highest BCUT2D eigenvalue weighted by atomic mass is 32.2. The van der Waals surface area contributed by atoms with Crippen LogP contribution in [0.3, 0.4) is 0 Å². The number of aromatic nitrogens is 2. The standard InChI is InChI=1S/C18H24FN3O3SSi/c1-27(2,14-7-4-3-5-8-14)12-11-26-10-6-9-20-17(24)22-13-15(19)16(23)21-18(22)25/h3-5,7-8,13H,6,9-12H2,1-2H3,(H,20,24)(H,21,23,25). The van der Waals surface area contributed by atoms with Crippen LogP contribution < -0.4 is 21.8 Å². The van der Waals surface area contributed by atoms with Crippen LogP contribution in [0.15, 0.2) is 46.1 Å². The molecular formula is C18H24FN3O3SSi. The first kappa shape index (κ1) is 21.2. The molecule has 6 nitrogen and oxygen atoms in total. The molecule has 0 bridgehead atoms. The van der Waals surface area contributed by atoms with E-state index in [0.717, 1.165) is 17.9 Å². The van der Waals surface area contributed by atoms with Crippen molar-refractivity contribution in [2.45, 2.75) is 25.6 Å². The molecule has 27 heavy (non-hydrogen) atoms. The number of rotatable bonds is 8. The van der Waals surface area contributed by atoms with Crippen molar-refractivity contribution in [3.05, 3.63) is 63.2 Å². The van der Waals surface area contributed by atoms with E-state index in [1.54, 1.807) is 4.98 Å². The maximum Gasteiger partial charge on any atom is 0.336 e. The smallest absolute Gasteiger partial charge is 0.336 e. The Kier molecular flexibility index (Phi) is 7.61. The third-order valence-corrected chi connectivity index (χ3v) is 9.11. The van der Waals surface area contributed by atoms with Crippen molar-refractivity contribution < 1.29 is 9.18 Å². The van der Waals surface area contributed by atoms with Gasteiger partial charge in [-0.05, 0) is 24.0 Å². The highest BCUT2D eigenvalue weighted by Gasteiger charge is 2.22. The topological polar surface area (TPSA) is 84.0 Å². The summed E-state index contributed by atoms with van der Waals surface area (Å²) in [6.45, 7) is 5.10. The number of thioether (sulfide) groups is 1. The molecule has 146 valence electrons. The van der Waals surface area contributed by atoms with E-state index in [1.165, 1.54) is 11.2 Å². The first-order valence-electron chi connectivity index (χ1n) is 8.74. The average molecular weight is 410 g/mol. The molecule has 1 aromatic carbocycles. The van der Waals surface area contributed by atoms with E-state index < -0.39 is 31.2 Å². The van der Waals surface area contributed by atoms with Gasteiger partial charge in [0.15, 0.2) is 0 Å². The molecule has 0 aliphatic heterocycles. The number of nitrogens with one attached hydrogen (secondary N) is 2. The molecule has 2 aromatic rings. The Labute approximate surface area is 162 Å². The van der Waals surface area contributed by atoms with E-state index in [-0.39, 0.29) is 0 Å². The van der Waals surface area contributed by atoms with E-state index in [1.807, 2.05) is 17.8 Å². The zero-order valence-corrected chi connectivity index (χ0v) is 17.3. The number of hydrogen-bond acceptors (Lipinski definition) is 4. The number of amides is 1. The monoisotopic (exact) mass is 409 g/mol. The van der Waals surface area contributed by atoms with E-state index in [2.05, 4.69) is 42.7 Å². The Bertz CT molecular complexity index is 883. The van der Waals surface area contributed by atoms with Crippen molar-refractivity contribution in [1.82, 2.24) is 14.9 Å². The number of nitrogens with zero attached hydrogens (tertiary/aromatic N) is 1. The maximum atomic E-state index is 13.2. The molecule has 0 fully saturated rings. The summed E-state index contributed by atoms with van der Waals surface area (Å²) in [5, 5.41) is 4.01. The molecule has 0 spiro atoms. The van der Waals surface area contributed by atoms with Gasteiger partial charge >= 0.3 is 11.7 Å². The second kappa shape index (κ2) is 9.70. The predicted molar refractivity (Wildman–Crippen MR) is 110 cm³/mol. The van der Waals surface area contributed by atoms with Gasteiger partial charge in [0.2, 0.25) is 5.82 Å². The summed E-state index contributed by atoms with van der Waals surface area (Å²) in [5.41, 5.74) is -2.09. The summed E-state index contributed by atoms with van der Waals surface area (Å²) in [6, 6.07) is 11.0. The summed E-state index contributed by atoms with van der Waals surface area (Å²) < 4.78 is 13.7. The first-order valence-corrected chi connectivity index (χ1v) is 13.1. The molecule has 0 aliphatic carbocycles. The van der Waals surface area contributed by atoms with Crippen LogP contribution in [-0.4, -0.2) is 41.7 Å². The summed E-state index contributed by atoms with van der Waals surface area (Å²) in [4.78, 5) is 36.1. The van der Waals surface area contributed by atoms with Crippen molar-refractivity contribution >= 4 is 31.1 Å². The Hall–Kier alpha value is -2.13. The number of carbonyl (C=O) groups is 1. The number of halogens is 1. The second-order valence-corrected chi connectivity index (χ2v) is 12.9. The lowest BCUT2D eigenvalue weighted by atomic mass is 10.4. The molecule has 0 saturated carbocycles. The largest absolute Gasteiger partial charge is 0.337 e. The van der Waals surface area contributed by atoms with Crippen molar-refractivity contribution in [3.8, 4) is 0 Å². The van der Waals surface area contributed by atoms with Gasteiger partial charge in [0, 0.05) is 6.54 Å². The SMILES string of the molecule is C[Si](C)(CCSCCCNC(=O)n1cc(F)c(=O)[nH]c1=O)c1ccccc1. The van der Waals surface area contributed by atoms with Crippen molar-refractivity contribution in [3.63, 3.8) is 0 Å². The second-order valence-electron chi connectivity index (χ2n) is 6.80. The minimum Gasteiger partial charge on any atom is -0.337 e. The fourth-order valence-electron chi connectivity index (χ4n) is 2.52. The number of carbonyl (C=O) groups excluding carboxylic acids is 1. The molecule has 0 unspecified atom stereocenters. The van der Waals surface area contributed by atoms with Crippen LogP contribution in [0.25, 0.3) is 0 Å². The van der Waals surface area contributed by atoms with Crippen LogP contribution in [0.1, 0.15) is 6.42 Å². The minimum atomic E-state index is -1.42. The third-order valence-electron chi connectivity index (χ3n) is 4.29. The van der Waals surface area contributed by atoms with Crippen LogP contribution in [-0.2, 0) is 0 Å². The normalized spacial score (nSPS) is 11.4. The fraction of sp³-hybridized carbons (Fsp3) is 0.389. The third kappa shape index (κ3) is 6.21. The summed E-state index contributed by atoms with van der Waals surface area (Å²) in [5.74, 6) is 0.770. The summed E-state index contributed by atoms with van der Waals surface area (Å²) in [7, 11) is -1.42. The predicted octanol–water partition coefficient (Wildman–Crippen LogP) is 1.97. The van der Waals surface area contributed by atoms with Crippen LogP contribution in [0.2, 0.25) is 19.1 Å². The lowest BCUT2D eigenvalue weighted by Gasteiger charge is -2.22. The van der Waals surface area contributed by atoms with Crippen LogP contribution in [0, 0.1) is 5.82 Å². The highest BCUT2D eigenvalue weighted by molar-refractivity contribution is 7.99. The number of aromatic amines is 1. The van der Waals surface area contributed by atoms with Gasteiger partial charge in [-0.15, -0.1) is 0 Å². The fourth-order valence-corrected chi connectivity index (χ4v) is 7.07. The summed E-state index contributed by atoms with van der Waals surface area (Å²) >= 11 is 1.84. The van der Waals surface area contributed by atoms with Gasteiger partial charge in [0.25, 0.3) is 5.56 Å². The van der Waals surface area contributed by atoms with Crippen molar-refractivity contribution in [2.75, 3.05) is 18.1 Å². The molecule has 2 rings (SSSR count). The quantitative estimate of drug-likeness (QED) is 0.516. The number of hydrogen-bond donors (Lipinski definition) is 2. The van der Waals surface area contributed by atoms with E-state index in [9.17, 15) is 18.8 Å². The van der Waals surface area contributed by atoms with Gasteiger partial charge in [-0.25, -0.2) is 14.2 Å². The zero-order chi connectivity index (χ0) is 19.9. The minimum absolute atomic E-state index is 0.374. The Morgan fingerprint density at radius 2 is 1.93 bits per heavy atom. The van der Waals surface area contributed by atoms with Crippen molar-refractivity contribution in [1.29, 1.82) is 0 Å². The highest BCUT2D eigenvalue weighted by Crippen LogP contribution is 2.15. The zero-order valence-electron chi connectivity index (χ0n) is 15.5. The molecule has 0 saturated heterocycles. The molecule has 0 radical (unpaired) electrons. The molecular weight excluding hydrogens is 385 g/mol. The Morgan fingerprint density at radius 3 is 2.63 bits per heavy atom. The lowest BCUT2D eigenvalue weighted by molar-refractivity contribution is 0.240. The van der Waals surface area contributed by atoms with Gasteiger partial charge in [0.1, 0.15) is 0 Å². The van der Waals surface area contributed by atoms with Gasteiger partial charge in [-0.1, -0.05) is 48.6 Å². The lowest BCUT2D eigenvalue weighted by Crippen LogP contribution is -2.41. The van der Waals surface area contributed by atoms with Crippen LogP contribution in [0.5, 0.6) is 0 Å². The molecule has 0 aliphatic rings. The van der Waals surface area contributed by atoms with Gasteiger partial charge in [-0.2, -0.15) is 16.2 Å². The summed E-state index contributed by atoms with van der Waals surface area (Å²) in [6.07, 6.45) is 1.34. The number of H-pyrrole nitrogens is 1. The van der Waals surface area contributed by atoms with Gasteiger partial charge < -0.3 is 5.32 Å². The number of benzene rings is 1. The first-order chi connectivity index (χ1) is 12.8. The average Bonchev–Trinajstić information content (AvgIpc) is 2.64. The molecule has 1 aromatic heterocycles. The Morgan fingerprint density at radius 1 is 1.22 bits per heavy atom. The van der Waals surface area contributed by atoms with Gasteiger partial charge in [0.05, 0.1) is 14.3 Å².